The summed E-state index contributed by atoms with van der Waals surface area (Å²) in [6.45, 7) is 10.4. The number of rotatable bonds is 6. The third-order valence-electron chi connectivity index (χ3n) is 3.64. The summed E-state index contributed by atoms with van der Waals surface area (Å²) in [6, 6.07) is 9.62. The molecule has 2 rings (SSSR count). The third-order valence-corrected chi connectivity index (χ3v) is 3.64. The van der Waals surface area contributed by atoms with Crippen LogP contribution in [0.2, 0.25) is 0 Å². The van der Waals surface area contributed by atoms with Gasteiger partial charge in [0.05, 0.1) is 0 Å². The molecule has 0 spiro atoms. The van der Waals surface area contributed by atoms with Gasteiger partial charge in [-0.2, -0.15) is 0 Å². The number of benzene rings is 1. The second-order valence-electron chi connectivity index (χ2n) is 5.16. The van der Waals surface area contributed by atoms with Gasteiger partial charge in [0.2, 0.25) is 5.78 Å². The largest absolute Gasteiger partial charge is 0.485 e. The van der Waals surface area contributed by atoms with Crippen molar-refractivity contribution in [2.24, 2.45) is 0 Å². The minimum atomic E-state index is 0.00154. The summed E-state index contributed by atoms with van der Waals surface area (Å²) in [7, 11) is 0. The number of aromatic nitrogens is 1. The maximum atomic E-state index is 12.4. The van der Waals surface area contributed by atoms with Crippen molar-refractivity contribution in [2.45, 2.75) is 27.3 Å². The van der Waals surface area contributed by atoms with Crippen LogP contribution in [0.1, 0.15) is 27.3 Å². The molecule has 1 heterocycles. The Labute approximate surface area is 125 Å². The van der Waals surface area contributed by atoms with E-state index < -0.39 is 0 Å². The summed E-state index contributed by atoms with van der Waals surface area (Å²) in [5.74, 6) is 0.757. The van der Waals surface area contributed by atoms with Crippen LogP contribution in [0.4, 0.5) is 0 Å². The van der Waals surface area contributed by atoms with Crippen molar-refractivity contribution in [3.05, 3.63) is 65.5 Å². The molecule has 0 aliphatic heterocycles. The summed E-state index contributed by atoms with van der Waals surface area (Å²) in [6.07, 6.45) is 1.83. The lowest BCUT2D eigenvalue weighted by Crippen LogP contribution is -2.13. The molecule has 0 atom stereocenters. The zero-order valence-electron chi connectivity index (χ0n) is 12.8. The lowest BCUT2D eigenvalue weighted by molar-refractivity contribution is 0.0920. The number of ether oxygens (including phenoxy) is 1. The van der Waals surface area contributed by atoms with Crippen LogP contribution < -0.4 is 4.74 Å². The molecular weight excluding hydrogens is 262 g/mol. The van der Waals surface area contributed by atoms with Crippen molar-refractivity contribution < 1.29 is 9.53 Å². The van der Waals surface area contributed by atoms with Crippen LogP contribution in [-0.2, 0) is 6.54 Å². The molecule has 0 N–H and O–H groups in total. The number of hydrogen-bond acceptors (Lipinski definition) is 2. The maximum absolute atomic E-state index is 12.4. The fraction of sp³-hybridized carbons (Fsp3) is 0.278. The smallest absolute Gasteiger partial charge is 0.202 e. The highest BCUT2D eigenvalue weighted by Gasteiger charge is 2.15. The molecule has 0 fully saturated rings. The highest BCUT2D eigenvalue weighted by molar-refractivity contribution is 5.98. The number of Topliss-reactive ketones (excluding diaryl/α,β-unsaturated/α-hetero) is 1. The Morgan fingerprint density at radius 1 is 1.29 bits per heavy atom. The first-order chi connectivity index (χ1) is 10.0. The first-order valence-electron chi connectivity index (χ1n) is 7.04. The van der Waals surface area contributed by atoms with E-state index in [0.29, 0.717) is 6.54 Å². The number of hydrogen-bond donors (Lipinski definition) is 0. The standard InChI is InChI=1S/C18H21NO2/c1-5-10-19-14(3)11-16(15(19)4)17(20)12-21-18-9-7-6-8-13(18)2/h5-9,11H,1,10,12H2,2-4H3. The van der Waals surface area contributed by atoms with E-state index in [-0.39, 0.29) is 12.4 Å². The number of ketones is 1. The minimum Gasteiger partial charge on any atom is -0.485 e. The molecule has 2 aromatic rings. The normalized spacial score (nSPS) is 10.4. The Kier molecular flexibility index (Phi) is 4.63. The third kappa shape index (κ3) is 3.24. The van der Waals surface area contributed by atoms with Crippen molar-refractivity contribution >= 4 is 5.78 Å². The van der Waals surface area contributed by atoms with Gasteiger partial charge < -0.3 is 9.30 Å². The van der Waals surface area contributed by atoms with E-state index in [1.807, 2.05) is 57.2 Å². The fourth-order valence-corrected chi connectivity index (χ4v) is 2.43. The van der Waals surface area contributed by atoms with Crippen molar-refractivity contribution in [2.75, 3.05) is 6.61 Å². The first kappa shape index (κ1) is 15.1. The number of aryl methyl sites for hydroxylation is 2. The van der Waals surface area contributed by atoms with Gasteiger partial charge in [-0.25, -0.2) is 0 Å². The zero-order valence-corrected chi connectivity index (χ0v) is 12.8. The molecule has 0 amide bonds. The van der Waals surface area contributed by atoms with E-state index >= 15 is 0 Å². The summed E-state index contributed by atoms with van der Waals surface area (Å²) >= 11 is 0. The molecule has 3 nitrogen and oxygen atoms in total. The van der Waals surface area contributed by atoms with Crippen LogP contribution in [0.5, 0.6) is 5.75 Å². The molecule has 21 heavy (non-hydrogen) atoms. The quantitative estimate of drug-likeness (QED) is 0.595. The maximum Gasteiger partial charge on any atom is 0.202 e. The second kappa shape index (κ2) is 6.44. The van der Waals surface area contributed by atoms with Crippen molar-refractivity contribution in [3.63, 3.8) is 0 Å². The molecule has 1 aromatic heterocycles. The van der Waals surface area contributed by atoms with Gasteiger partial charge in [-0.15, -0.1) is 6.58 Å². The molecule has 0 aliphatic rings. The lowest BCUT2D eigenvalue weighted by atomic mass is 10.1. The second-order valence-corrected chi connectivity index (χ2v) is 5.16. The molecule has 0 saturated heterocycles. The van der Waals surface area contributed by atoms with Gasteiger partial charge in [0, 0.05) is 23.5 Å². The summed E-state index contributed by atoms with van der Waals surface area (Å²) < 4.78 is 7.72. The highest BCUT2D eigenvalue weighted by atomic mass is 16.5. The molecule has 0 bridgehead atoms. The topological polar surface area (TPSA) is 31.2 Å². The molecule has 0 unspecified atom stereocenters. The van der Waals surface area contributed by atoms with Crippen LogP contribution in [0.25, 0.3) is 0 Å². The zero-order chi connectivity index (χ0) is 15.4. The average molecular weight is 283 g/mol. The highest BCUT2D eigenvalue weighted by Crippen LogP contribution is 2.19. The Morgan fingerprint density at radius 3 is 2.67 bits per heavy atom. The number of carbonyl (C=O) groups excluding carboxylic acids is 1. The molecule has 0 radical (unpaired) electrons. The number of nitrogens with zero attached hydrogens (tertiary/aromatic N) is 1. The van der Waals surface area contributed by atoms with Crippen molar-refractivity contribution in [1.82, 2.24) is 4.57 Å². The van der Waals surface area contributed by atoms with Crippen LogP contribution in [-0.4, -0.2) is 17.0 Å². The Bertz CT molecular complexity index is 668. The monoisotopic (exact) mass is 283 g/mol. The van der Waals surface area contributed by atoms with Crippen LogP contribution in [0, 0.1) is 20.8 Å². The molecule has 0 saturated carbocycles. The van der Waals surface area contributed by atoms with E-state index in [1.54, 1.807) is 0 Å². The lowest BCUT2D eigenvalue weighted by Gasteiger charge is -2.09. The van der Waals surface area contributed by atoms with Gasteiger partial charge in [-0.1, -0.05) is 24.3 Å². The number of carbonyl (C=O) groups is 1. The van der Waals surface area contributed by atoms with Crippen LogP contribution >= 0.6 is 0 Å². The summed E-state index contributed by atoms with van der Waals surface area (Å²) in [5.41, 5.74) is 3.78. The Morgan fingerprint density at radius 2 is 2.00 bits per heavy atom. The van der Waals surface area contributed by atoms with E-state index in [0.717, 1.165) is 28.3 Å². The predicted molar refractivity (Wildman–Crippen MR) is 85.1 cm³/mol. The average Bonchev–Trinajstić information content (AvgIpc) is 2.75. The van der Waals surface area contributed by atoms with E-state index in [2.05, 4.69) is 11.1 Å². The van der Waals surface area contributed by atoms with Gasteiger partial charge in [0.15, 0.2) is 6.61 Å². The Balaban J connectivity index is 2.12. The van der Waals surface area contributed by atoms with E-state index in [9.17, 15) is 4.79 Å². The summed E-state index contributed by atoms with van der Waals surface area (Å²) in [4.78, 5) is 12.4. The van der Waals surface area contributed by atoms with E-state index in [1.165, 1.54) is 0 Å². The first-order valence-corrected chi connectivity index (χ1v) is 7.04. The summed E-state index contributed by atoms with van der Waals surface area (Å²) in [5, 5.41) is 0. The molecule has 3 heteroatoms. The van der Waals surface area contributed by atoms with Gasteiger partial charge in [-0.05, 0) is 38.5 Å². The minimum absolute atomic E-state index is 0.00154. The van der Waals surface area contributed by atoms with Gasteiger partial charge >= 0.3 is 0 Å². The van der Waals surface area contributed by atoms with Crippen LogP contribution in [0.3, 0.4) is 0 Å². The molecular formula is C18H21NO2. The van der Waals surface area contributed by atoms with Gasteiger partial charge in [-0.3, -0.25) is 4.79 Å². The van der Waals surface area contributed by atoms with Crippen LogP contribution in [0.15, 0.2) is 43.0 Å². The number of para-hydroxylation sites is 1. The SMILES string of the molecule is C=CCn1c(C)cc(C(=O)COc2ccccc2C)c1C. The number of allylic oxidation sites excluding steroid dienone is 1. The fourth-order valence-electron chi connectivity index (χ4n) is 2.43. The van der Waals surface area contributed by atoms with Crippen molar-refractivity contribution in [1.29, 1.82) is 0 Å². The van der Waals surface area contributed by atoms with Gasteiger partial charge in [0.25, 0.3) is 0 Å². The van der Waals surface area contributed by atoms with Gasteiger partial charge in [0.1, 0.15) is 5.75 Å². The van der Waals surface area contributed by atoms with Crippen molar-refractivity contribution in [3.8, 4) is 5.75 Å². The predicted octanol–water partition coefficient (Wildman–Crippen LogP) is 3.86. The molecule has 1 aromatic carbocycles. The molecule has 0 aliphatic carbocycles. The Hall–Kier alpha value is -2.29. The molecule has 110 valence electrons. The van der Waals surface area contributed by atoms with E-state index in [4.69, 9.17) is 4.74 Å².